The summed E-state index contributed by atoms with van der Waals surface area (Å²) in [6.45, 7) is 5.08. The largest absolute Gasteiger partial charge is 0.455 e. The maximum atomic E-state index is 14.1. The summed E-state index contributed by atoms with van der Waals surface area (Å²) in [7, 11) is -3.20. The van der Waals surface area contributed by atoms with E-state index in [1.165, 1.54) is 56.6 Å². The minimum atomic E-state index is -4.46. The number of aromatic amines is 1. The molecular weight excluding hydrogens is 835 g/mol. The summed E-state index contributed by atoms with van der Waals surface area (Å²) in [4.78, 5) is 31.6. The van der Waals surface area contributed by atoms with Crippen molar-refractivity contribution in [2.45, 2.75) is 92.3 Å². The zero-order valence-electron chi connectivity index (χ0n) is 36.2. The van der Waals surface area contributed by atoms with Gasteiger partial charge in [-0.25, -0.2) is 18.1 Å². The Labute approximate surface area is 374 Å². The van der Waals surface area contributed by atoms with E-state index in [2.05, 4.69) is 54.1 Å². The first-order chi connectivity index (χ1) is 31.2. The van der Waals surface area contributed by atoms with Gasteiger partial charge in [-0.1, -0.05) is 30.3 Å². The van der Waals surface area contributed by atoms with Gasteiger partial charge in [0.25, 0.3) is 15.9 Å². The van der Waals surface area contributed by atoms with Gasteiger partial charge in [0.05, 0.1) is 61.4 Å². The number of H-pyrrole nitrogens is 1. The molecule has 4 N–H and O–H groups in total. The fourth-order valence-corrected chi connectivity index (χ4v) is 11.2. The number of morpholine rings is 1. The van der Waals surface area contributed by atoms with Gasteiger partial charge in [0.2, 0.25) is 0 Å². The van der Waals surface area contributed by atoms with E-state index >= 15 is 0 Å². The highest BCUT2D eigenvalue weighted by molar-refractivity contribution is 7.90. The van der Waals surface area contributed by atoms with Crippen LogP contribution in [0.25, 0.3) is 11.0 Å². The molecule has 3 aliphatic heterocycles. The predicted molar refractivity (Wildman–Crippen MR) is 241 cm³/mol. The molecule has 2 unspecified atom stereocenters. The Balaban J connectivity index is 0.856. The Kier molecular flexibility index (Phi) is 12.3. The van der Waals surface area contributed by atoms with Crippen LogP contribution >= 0.6 is 0 Å². The molecule has 2 aliphatic carbocycles. The third-order valence-electron chi connectivity index (χ3n) is 13.9. The zero-order chi connectivity index (χ0) is 43.8. The molecule has 1 amide bonds. The minimum absolute atomic E-state index is 0.0388. The van der Waals surface area contributed by atoms with Crippen LogP contribution in [0.15, 0.2) is 90.1 Å². The number of carbonyl (C=O) groups is 1. The second-order valence-corrected chi connectivity index (χ2v) is 19.6. The van der Waals surface area contributed by atoms with Crippen molar-refractivity contribution in [1.82, 2.24) is 24.5 Å². The third kappa shape index (κ3) is 9.10. The summed E-state index contributed by atoms with van der Waals surface area (Å²) in [5.41, 5.74) is 5.32. The number of likely N-dealkylation sites (tertiary alicyclic amines) is 1. The lowest BCUT2D eigenvalue weighted by atomic mass is 9.80. The van der Waals surface area contributed by atoms with Gasteiger partial charge >= 0.3 is 0 Å². The number of fused-ring (bicyclic) bond motifs is 1. The number of hydrogen-bond acceptors (Lipinski definition) is 13. The molecule has 2 atom stereocenters. The van der Waals surface area contributed by atoms with Gasteiger partial charge in [0.1, 0.15) is 22.8 Å². The first kappa shape index (κ1) is 42.9. The van der Waals surface area contributed by atoms with Gasteiger partial charge in [0.15, 0.2) is 0 Å². The van der Waals surface area contributed by atoms with Crippen LogP contribution in [0.1, 0.15) is 96.3 Å². The number of benzene rings is 3. The molecule has 0 bridgehead atoms. The maximum absolute atomic E-state index is 14.1. The fraction of sp³-hybridized carbons (Fsp3) is 0.458. The molecule has 0 radical (unpaired) electrons. The molecule has 5 heterocycles. The highest BCUT2D eigenvalue weighted by Gasteiger charge is 2.38. The lowest BCUT2D eigenvalue weighted by Gasteiger charge is -2.42. The molecule has 15 nitrogen and oxygen atoms in total. The fourth-order valence-electron chi connectivity index (χ4n) is 10.2. The van der Waals surface area contributed by atoms with Crippen LogP contribution in [0, 0.1) is 0 Å². The van der Waals surface area contributed by atoms with Crippen molar-refractivity contribution in [3.63, 3.8) is 0 Å². The van der Waals surface area contributed by atoms with Crippen molar-refractivity contribution < 1.29 is 37.5 Å². The van der Waals surface area contributed by atoms with Gasteiger partial charge in [-0.05, 0) is 129 Å². The van der Waals surface area contributed by atoms with E-state index in [4.69, 9.17) is 19.0 Å². The van der Waals surface area contributed by atoms with Crippen molar-refractivity contribution in [3.05, 3.63) is 107 Å². The van der Waals surface area contributed by atoms with E-state index in [1.807, 2.05) is 24.3 Å². The maximum Gasteiger partial charge on any atom is 0.268 e. The molecule has 10 rings (SSSR count). The molecule has 3 saturated heterocycles. The van der Waals surface area contributed by atoms with Crippen LogP contribution in [0.5, 0.6) is 11.5 Å². The van der Waals surface area contributed by atoms with E-state index in [-0.39, 0.29) is 33.9 Å². The van der Waals surface area contributed by atoms with Crippen LogP contribution in [0.4, 0.5) is 11.4 Å². The second-order valence-electron chi connectivity index (χ2n) is 17.9. The number of amides is 1. The van der Waals surface area contributed by atoms with Gasteiger partial charge < -0.3 is 24.5 Å². The molecule has 2 saturated carbocycles. The Hall–Kier alpha value is -5.07. The van der Waals surface area contributed by atoms with E-state index in [1.54, 1.807) is 24.0 Å². The highest BCUT2D eigenvalue weighted by Crippen LogP contribution is 2.48. The molecule has 64 heavy (non-hydrogen) atoms. The molecule has 338 valence electrons. The van der Waals surface area contributed by atoms with Crippen LogP contribution in [-0.2, 0) is 24.3 Å². The number of nitrogens with one attached hydrogen (secondary N) is 3. The topological polar surface area (TPSA) is 171 Å². The molecule has 5 fully saturated rings. The van der Waals surface area contributed by atoms with E-state index in [0.717, 1.165) is 55.6 Å². The molecule has 2 aromatic heterocycles. The number of carbonyl (C=O) groups excluding carboxylic acids is 1. The van der Waals surface area contributed by atoms with Gasteiger partial charge in [0, 0.05) is 43.3 Å². The Morgan fingerprint density at radius 3 is 2.53 bits per heavy atom. The third-order valence-corrected chi connectivity index (χ3v) is 15.2. The zero-order valence-corrected chi connectivity index (χ0v) is 37.0. The number of rotatable bonds is 15. The van der Waals surface area contributed by atoms with Gasteiger partial charge in [-0.3, -0.25) is 24.6 Å². The van der Waals surface area contributed by atoms with Crippen molar-refractivity contribution in [1.29, 1.82) is 0 Å². The normalized spacial score (nSPS) is 23.5. The molecule has 5 aromatic rings. The van der Waals surface area contributed by atoms with Crippen LogP contribution in [0.2, 0.25) is 0 Å². The van der Waals surface area contributed by atoms with E-state index < -0.39 is 15.9 Å². The Bertz CT molecular complexity index is 2570. The standard InChI is InChI=1S/C48H57N7O8S/c1-60-55(57)45-25-39(15-17-43(45)50-27-38-28-53(21-22-62-38)36-29-61-30-36)64(58,59)52-48(56)42-16-12-33(24-46(42)63-37-23-34-18-19-49-47(34)51-26-37)31-10-13-35(14-11-31)54-20-4-7-44(54)41-6-3-2-5-40(41)32-8-9-32/h2-3,5-6,12,15-19,23-26,31-32,35-36,38,44,50,57H,4,7-11,13-14,20-22,27-30H2,1H3,(H,49,51)(H,52,56). The predicted octanol–water partition coefficient (Wildman–Crippen LogP) is 7.48. The molecular formula is C48H57N7O8S. The van der Waals surface area contributed by atoms with Gasteiger partial charge in [-0.15, -0.1) is 5.23 Å². The lowest BCUT2D eigenvalue weighted by molar-refractivity contribution is -0.111. The number of nitrogens with zero attached hydrogens (tertiary/aromatic N) is 4. The van der Waals surface area contributed by atoms with E-state index in [9.17, 15) is 18.4 Å². The van der Waals surface area contributed by atoms with Crippen molar-refractivity contribution in [2.24, 2.45) is 0 Å². The Morgan fingerprint density at radius 1 is 0.938 bits per heavy atom. The van der Waals surface area contributed by atoms with Crippen LogP contribution < -0.4 is 20.0 Å². The van der Waals surface area contributed by atoms with Crippen LogP contribution in [-0.4, -0.2) is 111 Å². The summed E-state index contributed by atoms with van der Waals surface area (Å²) >= 11 is 0. The molecule has 5 aliphatic rings. The smallest absolute Gasteiger partial charge is 0.268 e. The van der Waals surface area contributed by atoms with Crippen molar-refractivity contribution in [3.8, 4) is 11.5 Å². The second kappa shape index (κ2) is 18.4. The van der Waals surface area contributed by atoms with E-state index in [0.29, 0.717) is 73.3 Å². The molecule has 3 aromatic carbocycles. The average molecular weight is 892 g/mol. The van der Waals surface area contributed by atoms with Crippen LogP contribution in [0.3, 0.4) is 0 Å². The summed E-state index contributed by atoms with van der Waals surface area (Å²) in [6, 6.07) is 23.8. The monoisotopic (exact) mass is 891 g/mol. The number of ether oxygens (including phenoxy) is 3. The number of sulfonamides is 1. The molecule has 16 heteroatoms. The number of anilines is 2. The van der Waals surface area contributed by atoms with Crippen molar-refractivity contribution >= 4 is 38.3 Å². The summed E-state index contributed by atoms with van der Waals surface area (Å²) in [5.74, 6) is 0.752. The average Bonchev–Trinajstić information content (AvgIpc) is 3.83. The van der Waals surface area contributed by atoms with Gasteiger partial charge in [-0.2, -0.15) is 0 Å². The quantitative estimate of drug-likeness (QED) is 0.0764. The van der Waals surface area contributed by atoms with Crippen molar-refractivity contribution in [2.75, 3.05) is 63.7 Å². The summed E-state index contributed by atoms with van der Waals surface area (Å²) in [6.07, 6.45) is 12.4. The first-order valence-corrected chi connectivity index (χ1v) is 24.2. The Morgan fingerprint density at radius 2 is 1.75 bits per heavy atom. The number of hydrogen-bond donors (Lipinski definition) is 4. The lowest BCUT2D eigenvalue weighted by Crippen LogP contribution is -2.56. The minimum Gasteiger partial charge on any atom is -0.455 e. The first-order valence-electron chi connectivity index (χ1n) is 22.7. The number of aromatic nitrogens is 2. The SMILES string of the molecule is CON(O)c1cc(S(=O)(=O)NC(=O)c2ccc(C3CCC(N4CCCC4c4ccccc4C4CC4)CC3)cc2Oc2cnc3[nH]ccc3c2)ccc1NCC1CN(C2COC2)CCO1. The molecule has 0 spiro atoms. The summed E-state index contributed by atoms with van der Waals surface area (Å²) < 4.78 is 47.9. The number of pyridine rings is 1. The highest BCUT2D eigenvalue weighted by atomic mass is 32.2. The summed E-state index contributed by atoms with van der Waals surface area (Å²) in [5, 5.41) is 15.3.